The lowest BCUT2D eigenvalue weighted by Gasteiger charge is -2.31. The van der Waals surface area contributed by atoms with E-state index in [1.807, 2.05) is 17.3 Å². The Morgan fingerprint density at radius 1 is 1.50 bits per heavy atom. The summed E-state index contributed by atoms with van der Waals surface area (Å²) < 4.78 is 7.47. The van der Waals surface area contributed by atoms with Crippen LogP contribution in [0.25, 0.3) is 0 Å². The van der Waals surface area contributed by atoms with Crippen molar-refractivity contribution in [1.82, 2.24) is 14.5 Å². The van der Waals surface area contributed by atoms with Gasteiger partial charge in [0.05, 0.1) is 6.61 Å². The molecule has 5 nitrogen and oxygen atoms in total. The minimum absolute atomic E-state index is 0.169. The molecule has 1 fully saturated rings. The van der Waals surface area contributed by atoms with Gasteiger partial charge >= 0.3 is 6.09 Å². The van der Waals surface area contributed by atoms with Gasteiger partial charge in [0.1, 0.15) is 5.82 Å². The Hall–Kier alpha value is -1.52. The van der Waals surface area contributed by atoms with E-state index in [9.17, 15) is 4.79 Å². The highest BCUT2D eigenvalue weighted by Crippen LogP contribution is 2.26. The highest BCUT2D eigenvalue weighted by Gasteiger charge is 2.27. The summed E-state index contributed by atoms with van der Waals surface area (Å²) in [5.74, 6) is 1.43. The maximum Gasteiger partial charge on any atom is 0.409 e. The first-order chi connectivity index (χ1) is 9.76. The molecule has 0 aromatic carbocycles. The van der Waals surface area contributed by atoms with E-state index in [4.69, 9.17) is 4.74 Å². The highest BCUT2D eigenvalue weighted by molar-refractivity contribution is 5.67. The van der Waals surface area contributed by atoms with Gasteiger partial charge in [0.2, 0.25) is 0 Å². The van der Waals surface area contributed by atoms with Crippen molar-refractivity contribution in [3.05, 3.63) is 18.2 Å². The molecule has 0 aliphatic carbocycles. The molecule has 5 heteroatoms. The smallest absolute Gasteiger partial charge is 0.409 e. The van der Waals surface area contributed by atoms with Crippen molar-refractivity contribution in [2.24, 2.45) is 0 Å². The number of rotatable bonds is 5. The minimum Gasteiger partial charge on any atom is -0.449 e. The number of unbranched alkanes of at least 4 members (excludes halogenated alkanes) is 1. The zero-order chi connectivity index (χ0) is 14.4. The number of ether oxygens (including phenoxy) is 1. The molecule has 0 radical (unpaired) electrons. The van der Waals surface area contributed by atoms with E-state index in [2.05, 4.69) is 23.4 Å². The van der Waals surface area contributed by atoms with Crippen LogP contribution in [-0.4, -0.2) is 40.2 Å². The molecule has 1 amide bonds. The topological polar surface area (TPSA) is 47.4 Å². The lowest BCUT2D eigenvalue weighted by molar-refractivity contribution is 0.0896. The van der Waals surface area contributed by atoms with Gasteiger partial charge < -0.3 is 14.2 Å². The van der Waals surface area contributed by atoms with Gasteiger partial charge in [-0.2, -0.15) is 0 Å². The number of imidazole rings is 1. The van der Waals surface area contributed by atoms with Gasteiger partial charge in [-0.05, 0) is 26.2 Å². The second-order valence-corrected chi connectivity index (χ2v) is 5.32. The largest absolute Gasteiger partial charge is 0.449 e. The summed E-state index contributed by atoms with van der Waals surface area (Å²) in [5.41, 5.74) is 0. The molecule has 1 atom stereocenters. The van der Waals surface area contributed by atoms with Gasteiger partial charge in [0.25, 0.3) is 0 Å². The third-order valence-electron chi connectivity index (χ3n) is 3.86. The second kappa shape index (κ2) is 7.31. The summed E-state index contributed by atoms with van der Waals surface area (Å²) in [4.78, 5) is 18.3. The summed E-state index contributed by atoms with van der Waals surface area (Å²) in [5, 5.41) is 0. The average Bonchev–Trinajstić information content (AvgIpc) is 2.96. The SMILES string of the molecule is CCCCOC(=O)N1CCC[C@@H](c2nccn2CC)C1. The van der Waals surface area contributed by atoms with Crippen LogP contribution in [0.1, 0.15) is 51.3 Å². The van der Waals surface area contributed by atoms with E-state index in [1.165, 1.54) is 0 Å². The molecule has 2 heterocycles. The number of carbonyl (C=O) groups excluding carboxylic acids is 1. The van der Waals surface area contributed by atoms with Crippen molar-refractivity contribution in [3.8, 4) is 0 Å². The van der Waals surface area contributed by atoms with Crippen LogP contribution in [0, 0.1) is 0 Å². The number of likely N-dealkylation sites (tertiary alicyclic amines) is 1. The summed E-state index contributed by atoms with van der Waals surface area (Å²) in [7, 11) is 0. The maximum atomic E-state index is 12.0. The van der Waals surface area contributed by atoms with Crippen molar-refractivity contribution in [1.29, 1.82) is 0 Å². The first kappa shape index (κ1) is 14.9. The van der Waals surface area contributed by atoms with Crippen LogP contribution in [0.15, 0.2) is 12.4 Å². The van der Waals surface area contributed by atoms with Gasteiger partial charge in [-0.15, -0.1) is 0 Å². The Morgan fingerprint density at radius 2 is 2.35 bits per heavy atom. The van der Waals surface area contributed by atoms with Crippen molar-refractivity contribution >= 4 is 6.09 Å². The Morgan fingerprint density at radius 3 is 3.10 bits per heavy atom. The first-order valence-corrected chi connectivity index (χ1v) is 7.69. The standard InChI is InChI=1S/C15H25N3O2/c1-3-5-11-20-15(19)18-9-6-7-13(12-18)14-16-8-10-17(14)4-2/h8,10,13H,3-7,9,11-12H2,1-2H3/t13-/m1/s1. The van der Waals surface area contributed by atoms with E-state index in [0.29, 0.717) is 12.5 Å². The quantitative estimate of drug-likeness (QED) is 0.778. The molecule has 1 aromatic rings. The molecule has 20 heavy (non-hydrogen) atoms. The number of nitrogens with zero attached hydrogens (tertiary/aromatic N) is 3. The third-order valence-corrected chi connectivity index (χ3v) is 3.86. The predicted molar refractivity (Wildman–Crippen MR) is 77.7 cm³/mol. The molecule has 0 bridgehead atoms. The molecule has 1 aliphatic rings. The lowest BCUT2D eigenvalue weighted by Crippen LogP contribution is -2.40. The summed E-state index contributed by atoms with van der Waals surface area (Å²) >= 11 is 0. The normalized spacial score (nSPS) is 19.1. The van der Waals surface area contributed by atoms with Crippen LogP contribution in [0.4, 0.5) is 4.79 Å². The van der Waals surface area contributed by atoms with E-state index >= 15 is 0 Å². The van der Waals surface area contributed by atoms with Gasteiger partial charge in [-0.1, -0.05) is 13.3 Å². The Bertz CT molecular complexity index is 431. The van der Waals surface area contributed by atoms with E-state index in [0.717, 1.165) is 51.1 Å². The molecular formula is C15H25N3O2. The summed E-state index contributed by atoms with van der Waals surface area (Å²) in [6.45, 7) is 7.18. The van der Waals surface area contributed by atoms with E-state index in [-0.39, 0.29) is 6.09 Å². The summed E-state index contributed by atoms with van der Waals surface area (Å²) in [6.07, 6.45) is 7.77. The van der Waals surface area contributed by atoms with Gasteiger partial charge in [-0.25, -0.2) is 9.78 Å². The fourth-order valence-electron chi connectivity index (χ4n) is 2.70. The Kier molecular flexibility index (Phi) is 5.44. The van der Waals surface area contributed by atoms with Crippen LogP contribution < -0.4 is 0 Å². The molecule has 0 saturated carbocycles. The third kappa shape index (κ3) is 3.52. The number of hydrogen-bond donors (Lipinski definition) is 0. The number of hydrogen-bond acceptors (Lipinski definition) is 3. The number of amides is 1. The Labute approximate surface area is 120 Å². The molecule has 0 unspecified atom stereocenters. The van der Waals surface area contributed by atoms with Crippen molar-refractivity contribution in [3.63, 3.8) is 0 Å². The molecule has 0 spiro atoms. The number of carbonyl (C=O) groups is 1. The monoisotopic (exact) mass is 279 g/mol. The number of aryl methyl sites for hydroxylation is 1. The van der Waals surface area contributed by atoms with Crippen LogP contribution in [0.5, 0.6) is 0 Å². The highest BCUT2D eigenvalue weighted by atomic mass is 16.6. The fourth-order valence-corrected chi connectivity index (χ4v) is 2.70. The second-order valence-electron chi connectivity index (χ2n) is 5.32. The minimum atomic E-state index is -0.169. The maximum absolute atomic E-state index is 12.0. The molecule has 1 aliphatic heterocycles. The lowest BCUT2D eigenvalue weighted by atomic mass is 9.97. The van der Waals surface area contributed by atoms with Crippen LogP contribution in [0.2, 0.25) is 0 Å². The fraction of sp³-hybridized carbons (Fsp3) is 0.733. The van der Waals surface area contributed by atoms with Gasteiger partial charge in [0, 0.05) is 37.9 Å². The zero-order valence-corrected chi connectivity index (χ0v) is 12.5. The Balaban J connectivity index is 1.93. The van der Waals surface area contributed by atoms with Gasteiger partial charge in [-0.3, -0.25) is 0 Å². The van der Waals surface area contributed by atoms with E-state index < -0.39 is 0 Å². The molecule has 112 valence electrons. The summed E-state index contributed by atoms with van der Waals surface area (Å²) in [6, 6.07) is 0. The average molecular weight is 279 g/mol. The molecular weight excluding hydrogens is 254 g/mol. The van der Waals surface area contributed by atoms with Crippen molar-refractivity contribution < 1.29 is 9.53 Å². The van der Waals surface area contributed by atoms with Crippen molar-refractivity contribution in [2.75, 3.05) is 19.7 Å². The van der Waals surface area contributed by atoms with E-state index in [1.54, 1.807) is 0 Å². The molecule has 2 rings (SSSR count). The predicted octanol–water partition coefficient (Wildman–Crippen LogP) is 3.02. The van der Waals surface area contributed by atoms with Crippen molar-refractivity contribution in [2.45, 2.75) is 52.0 Å². The first-order valence-electron chi connectivity index (χ1n) is 7.69. The van der Waals surface area contributed by atoms with Crippen LogP contribution in [-0.2, 0) is 11.3 Å². The van der Waals surface area contributed by atoms with Gasteiger partial charge in [0.15, 0.2) is 0 Å². The number of piperidine rings is 1. The molecule has 1 aromatic heterocycles. The zero-order valence-electron chi connectivity index (χ0n) is 12.5. The molecule has 0 N–H and O–H groups in total. The van der Waals surface area contributed by atoms with Crippen LogP contribution in [0.3, 0.4) is 0 Å². The van der Waals surface area contributed by atoms with Crippen LogP contribution >= 0.6 is 0 Å². The molecule has 1 saturated heterocycles. The number of aromatic nitrogens is 2.